The Bertz CT molecular complexity index is 527. The highest BCUT2D eigenvalue weighted by molar-refractivity contribution is 5.81. The Morgan fingerprint density at radius 3 is 2.29 bits per heavy atom. The second-order valence-electron chi connectivity index (χ2n) is 7.94. The van der Waals surface area contributed by atoms with Gasteiger partial charge in [-0.15, -0.1) is 0 Å². The van der Waals surface area contributed by atoms with Gasteiger partial charge in [0.1, 0.15) is 11.6 Å². The Morgan fingerprint density at radius 2 is 1.71 bits per heavy atom. The monoisotopic (exact) mass is 286 g/mol. The summed E-state index contributed by atoms with van der Waals surface area (Å²) in [6.07, 6.45) is 9.19. The van der Waals surface area contributed by atoms with Crippen LogP contribution in [0, 0.1) is 29.0 Å². The van der Waals surface area contributed by atoms with E-state index in [2.05, 4.69) is 0 Å². The standard InChI is InChI=1S/C19H23FO/c20-17-3-1-2-13(7-17)8-18(21)12-19-9-14-4-15(10-19)6-16(5-14)11-19/h1-3,7,14-16H,4-6,8-12H2. The van der Waals surface area contributed by atoms with Crippen LogP contribution in [0.1, 0.15) is 50.5 Å². The Hall–Kier alpha value is -1.18. The van der Waals surface area contributed by atoms with Crippen LogP contribution in [-0.2, 0) is 11.2 Å². The molecular weight excluding hydrogens is 263 g/mol. The fourth-order valence-corrected chi connectivity index (χ4v) is 5.86. The van der Waals surface area contributed by atoms with Gasteiger partial charge in [-0.25, -0.2) is 4.39 Å². The molecule has 5 rings (SSSR count). The van der Waals surface area contributed by atoms with E-state index in [1.165, 1.54) is 50.7 Å². The molecule has 0 spiro atoms. The minimum Gasteiger partial charge on any atom is -0.299 e. The van der Waals surface area contributed by atoms with Gasteiger partial charge in [0.25, 0.3) is 0 Å². The number of carbonyl (C=O) groups is 1. The number of ketones is 1. The molecule has 0 radical (unpaired) electrons. The maximum atomic E-state index is 13.2. The van der Waals surface area contributed by atoms with Gasteiger partial charge < -0.3 is 0 Å². The Balaban J connectivity index is 1.45. The minimum absolute atomic E-state index is 0.241. The molecule has 21 heavy (non-hydrogen) atoms. The van der Waals surface area contributed by atoms with Gasteiger partial charge in [0.2, 0.25) is 0 Å². The third-order valence-corrected chi connectivity index (χ3v) is 6.03. The summed E-state index contributed by atoms with van der Waals surface area (Å²) in [6, 6.07) is 6.49. The van der Waals surface area contributed by atoms with Crippen LogP contribution < -0.4 is 0 Å². The maximum absolute atomic E-state index is 13.2. The first kappa shape index (κ1) is 13.5. The highest BCUT2D eigenvalue weighted by atomic mass is 19.1. The summed E-state index contributed by atoms with van der Waals surface area (Å²) < 4.78 is 13.2. The number of rotatable bonds is 4. The third-order valence-electron chi connectivity index (χ3n) is 6.03. The van der Waals surface area contributed by atoms with Crippen molar-refractivity contribution in [3.8, 4) is 0 Å². The molecule has 1 nitrogen and oxygen atoms in total. The van der Waals surface area contributed by atoms with E-state index in [0.29, 0.717) is 17.6 Å². The molecule has 1 aromatic carbocycles. The van der Waals surface area contributed by atoms with Crippen molar-refractivity contribution in [1.82, 2.24) is 0 Å². The molecule has 4 fully saturated rings. The van der Waals surface area contributed by atoms with E-state index in [4.69, 9.17) is 0 Å². The molecule has 4 aliphatic rings. The lowest BCUT2D eigenvalue weighted by atomic mass is 9.48. The van der Waals surface area contributed by atoms with E-state index < -0.39 is 0 Å². The molecular formula is C19H23FO. The molecule has 4 aliphatic carbocycles. The molecule has 0 aliphatic heterocycles. The predicted octanol–water partition coefficient (Wildman–Crippen LogP) is 4.54. The average molecular weight is 286 g/mol. The molecule has 2 heteroatoms. The van der Waals surface area contributed by atoms with Crippen molar-refractivity contribution in [2.24, 2.45) is 23.2 Å². The summed E-state index contributed by atoms with van der Waals surface area (Å²) >= 11 is 0. The molecule has 0 aromatic heterocycles. The summed E-state index contributed by atoms with van der Waals surface area (Å²) in [5.74, 6) is 2.73. The first-order chi connectivity index (χ1) is 10.1. The van der Waals surface area contributed by atoms with E-state index in [1.807, 2.05) is 6.07 Å². The molecule has 0 amide bonds. The Labute approximate surface area is 125 Å². The number of Topliss-reactive ketones (excluding diaryl/α,β-unsaturated/α-hetero) is 1. The number of carbonyl (C=O) groups excluding carboxylic acids is 1. The van der Waals surface area contributed by atoms with Crippen molar-refractivity contribution in [3.63, 3.8) is 0 Å². The van der Waals surface area contributed by atoms with Gasteiger partial charge in [-0.3, -0.25) is 4.79 Å². The molecule has 0 heterocycles. The van der Waals surface area contributed by atoms with Crippen LogP contribution in [0.15, 0.2) is 24.3 Å². The number of halogens is 1. The van der Waals surface area contributed by atoms with Crippen molar-refractivity contribution in [1.29, 1.82) is 0 Å². The SMILES string of the molecule is O=C(Cc1cccc(F)c1)CC12CC3CC(CC(C3)C1)C2. The first-order valence-corrected chi connectivity index (χ1v) is 8.36. The van der Waals surface area contributed by atoms with Gasteiger partial charge >= 0.3 is 0 Å². The van der Waals surface area contributed by atoms with E-state index in [-0.39, 0.29) is 5.82 Å². The van der Waals surface area contributed by atoms with E-state index >= 15 is 0 Å². The zero-order chi connectivity index (χ0) is 14.4. The quantitative estimate of drug-likeness (QED) is 0.794. The van der Waals surface area contributed by atoms with Gasteiger partial charge in [0.15, 0.2) is 0 Å². The van der Waals surface area contributed by atoms with Crippen LogP contribution in [0.5, 0.6) is 0 Å². The highest BCUT2D eigenvalue weighted by Gasteiger charge is 2.51. The zero-order valence-corrected chi connectivity index (χ0v) is 12.5. The van der Waals surface area contributed by atoms with Crippen molar-refractivity contribution in [2.45, 2.75) is 51.4 Å². The Morgan fingerprint density at radius 1 is 1.10 bits per heavy atom. The van der Waals surface area contributed by atoms with Gasteiger partial charge in [-0.2, -0.15) is 0 Å². The number of benzene rings is 1. The first-order valence-electron chi connectivity index (χ1n) is 8.36. The van der Waals surface area contributed by atoms with E-state index in [9.17, 15) is 9.18 Å². The fraction of sp³-hybridized carbons (Fsp3) is 0.632. The summed E-state index contributed by atoms with van der Waals surface area (Å²) in [7, 11) is 0. The summed E-state index contributed by atoms with van der Waals surface area (Å²) in [5, 5.41) is 0. The summed E-state index contributed by atoms with van der Waals surface area (Å²) in [6.45, 7) is 0. The Kier molecular flexibility index (Phi) is 3.16. The second-order valence-corrected chi connectivity index (χ2v) is 7.94. The lowest BCUT2D eigenvalue weighted by Crippen LogP contribution is -2.47. The maximum Gasteiger partial charge on any atom is 0.137 e. The van der Waals surface area contributed by atoms with Gasteiger partial charge in [-0.05, 0) is 79.4 Å². The topological polar surface area (TPSA) is 17.1 Å². The largest absolute Gasteiger partial charge is 0.299 e. The van der Waals surface area contributed by atoms with Crippen molar-refractivity contribution >= 4 is 5.78 Å². The number of hydrogen-bond acceptors (Lipinski definition) is 1. The van der Waals surface area contributed by atoms with Crippen LogP contribution in [-0.4, -0.2) is 5.78 Å². The zero-order valence-electron chi connectivity index (χ0n) is 12.5. The van der Waals surface area contributed by atoms with Crippen LogP contribution in [0.25, 0.3) is 0 Å². The molecule has 0 saturated heterocycles. The molecule has 1 aromatic rings. The molecule has 4 bridgehead atoms. The van der Waals surface area contributed by atoms with Crippen LogP contribution in [0.2, 0.25) is 0 Å². The molecule has 112 valence electrons. The second kappa shape index (κ2) is 4.93. The highest BCUT2D eigenvalue weighted by Crippen LogP contribution is 2.61. The van der Waals surface area contributed by atoms with Crippen LogP contribution in [0.4, 0.5) is 4.39 Å². The summed E-state index contributed by atoms with van der Waals surface area (Å²) in [4.78, 5) is 12.5. The van der Waals surface area contributed by atoms with Crippen LogP contribution in [0.3, 0.4) is 0 Å². The third kappa shape index (κ3) is 2.65. The molecule has 0 unspecified atom stereocenters. The van der Waals surface area contributed by atoms with Crippen molar-refractivity contribution in [3.05, 3.63) is 35.6 Å². The lowest BCUT2D eigenvalue weighted by molar-refractivity contribution is -0.126. The van der Waals surface area contributed by atoms with Gasteiger partial charge in [0, 0.05) is 12.8 Å². The lowest BCUT2D eigenvalue weighted by Gasteiger charge is -2.56. The minimum atomic E-state index is -0.241. The fourth-order valence-electron chi connectivity index (χ4n) is 5.86. The number of hydrogen-bond donors (Lipinski definition) is 0. The normalized spacial score (nSPS) is 36.9. The van der Waals surface area contributed by atoms with Gasteiger partial charge in [0.05, 0.1) is 0 Å². The summed E-state index contributed by atoms with van der Waals surface area (Å²) in [5.41, 5.74) is 1.13. The predicted molar refractivity (Wildman–Crippen MR) is 80.3 cm³/mol. The van der Waals surface area contributed by atoms with Crippen LogP contribution >= 0.6 is 0 Å². The van der Waals surface area contributed by atoms with E-state index in [1.54, 1.807) is 6.07 Å². The van der Waals surface area contributed by atoms with Crippen molar-refractivity contribution in [2.75, 3.05) is 0 Å². The average Bonchev–Trinajstić information content (AvgIpc) is 2.35. The smallest absolute Gasteiger partial charge is 0.137 e. The van der Waals surface area contributed by atoms with Gasteiger partial charge in [-0.1, -0.05) is 12.1 Å². The van der Waals surface area contributed by atoms with Crippen molar-refractivity contribution < 1.29 is 9.18 Å². The molecule has 0 N–H and O–H groups in total. The molecule has 0 atom stereocenters. The van der Waals surface area contributed by atoms with E-state index in [0.717, 1.165) is 29.7 Å². The molecule has 4 saturated carbocycles.